The summed E-state index contributed by atoms with van der Waals surface area (Å²) in [6, 6.07) is 7.87. The number of likely N-dealkylation sites (tertiary alicyclic amines) is 1. The number of aromatic hydroxyl groups is 1. The second-order valence-electron chi connectivity index (χ2n) is 7.87. The number of nitrogens with zero attached hydrogens (tertiary/aromatic N) is 4. The maximum Gasteiger partial charge on any atom is 0.204 e. The van der Waals surface area contributed by atoms with Gasteiger partial charge in [-0.15, -0.1) is 0 Å². The molecule has 0 unspecified atom stereocenters. The fourth-order valence-corrected chi connectivity index (χ4v) is 4.07. The molecule has 6 heteroatoms. The van der Waals surface area contributed by atoms with E-state index in [1.807, 2.05) is 13.0 Å². The monoisotopic (exact) mass is 379 g/mol. The molecule has 0 spiro atoms. The van der Waals surface area contributed by atoms with Crippen molar-refractivity contribution in [3.63, 3.8) is 0 Å². The Balaban J connectivity index is 1.67. The molecule has 1 fully saturated rings. The first kappa shape index (κ1) is 18.7. The van der Waals surface area contributed by atoms with Gasteiger partial charge in [0, 0.05) is 18.8 Å². The lowest BCUT2D eigenvalue weighted by Crippen LogP contribution is -2.26. The molecular weight excluding hydrogens is 350 g/mol. The largest absolute Gasteiger partial charge is 0.506 e. The molecule has 3 heterocycles. The fourth-order valence-electron chi connectivity index (χ4n) is 4.07. The molecule has 0 bridgehead atoms. The Kier molecular flexibility index (Phi) is 5.22. The Labute approximate surface area is 166 Å². The molecule has 0 radical (unpaired) electrons. The van der Waals surface area contributed by atoms with E-state index in [9.17, 15) is 5.11 Å². The summed E-state index contributed by atoms with van der Waals surface area (Å²) in [6.45, 7) is 10.9. The minimum atomic E-state index is 0.222. The van der Waals surface area contributed by atoms with E-state index in [4.69, 9.17) is 4.98 Å². The number of hydrogen-bond acceptors (Lipinski definition) is 5. The topological polar surface area (TPSA) is 66.2 Å². The number of rotatable bonds is 6. The van der Waals surface area contributed by atoms with Crippen molar-refractivity contribution in [1.82, 2.24) is 19.4 Å². The first-order chi connectivity index (χ1) is 13.5. The number of aryl methyl sites for hydroxylation is 3. The molecule has 0 aliphatic carbocycles. The Morgan fingerprint density at radius 3 is 2.64 bits per heavy atom. The number of benzene rings is 1. The van der Waals surface area contributed by atoms with E-state index in [2.05, 4.69) is 45.7 Å². The summed E-state index contributed by atoms with van der Waals surface area (Å²) in [6.07, 6.45) is 2.60. The molecule has 1 aliphatic rings. The quantitative estimate of drug-likeness (QED) is 0.685. The predicted octanol–water partition coefficient (Wildman–Crippen LogP) is 3.62. The smallest absolute Gasteiger partial charge is 0.204 e. The summed E-state index contributed by atoms with van der Waals surface area (Å²) in [4.78, 5) is 11.9. The van der Waals surface area contributed by atoms with Gasteiger partial charge in [-0.1, -0.05) is 6.07 Å². The Morgan fingerprint density at radius 2 is 1.86 bits per heavy atom. The maximum atomic E-state index is 10.3. The zero-order chi connectivity index (χ0) is 19.7. The molecule has 2 N–H and O–H groups in total. The van der Waals surface area contributed by atoms with Gasteiger partial charge >= 0.3 is 0 Å². The van der Waals surface area contributed by atoms with Gasteiger partial charge in [0.15, 0.2) is 0 Å². The van der Waals surface area contributed by atoms with Crippen LogP contribution in [0.25, 0.3) is 11.0 Å². The second kappa shape index (κ2) is 7.80. The number of anilines is 1. The van der Waals surface area contributed by atoms with Crippen LogP contribution in [0, 0.1) is 20.8 Å². The standard InChI is InChI=1S/C22H29N5O/c1-15-12-16(2)21-19(13-15)27(14-18-20(28)7-6-17(3)24-18)22(25-21)23-8-11-26-9-4-5-10-26/h6-7,12-13,28H,4-5,8-11,14H2,1-3H3,(H,23,25). The van der Waals surface area contributed by atoms with E-state index in [-0.39, 0.29) is 5.75 Å². The lowest BCUT2D eigenvalue weighted by Gasteiger charge is -2.16. The van der Waals surface area contributed by atoms with Crippen molar-refractivity contribution in [1.29, 1.82) is 0 Å². The van der Waals surface area contributed by atoms with Crippen LogP contribution in [0.15, 0.2) is 24.3 Å². The highest BCUT2D eigenvalue weighted by Crippen LogP contribution is 2.27. The Bertz CT molecular complexity index is 988. The van der Waals surface area contributed by atoms with Crippen LogP contribution in [-0.4, -0.2) is 50.7 Å². The average Bonchev–Trinajstić information content (AvgIpc) is 3.28. The van der Waals surface area contributed by atoms with Gasteiger partial charge in [0.1, 0.15) is 11.4 Å². The molecule has 0 amide bonds. The van der Waals surface area contributed by atoms with Gasteiger partial charge in [0.25, 0.3) is 0 Å². The van der Waals surface area contributed by atoms with Crippen LogP contribution >= 0.6 is 0 Å². The number of pyridine rings is 1. The van der Waals surface area contributed by atoms with Crippen LogP contribution in [0.5, 0.6) is 5.75 Å². The maximum absolute atomic E-state index is 10.3. The van der Waals surface area contributed by atoms with Gasteiger partial charge in [0.05, 0.1) is 17.6 Å². The summed E-state index contributed by atoms with van der Waals surface area (Å²) in [5.41, 5.74) is 6.01. The normalized spacial score (nSPS) is 14.8. The summed E-state index contributed by atoms with van der Waals surface area (Å²) in [5.74, 6) is 1.06. The Morgan fingerprint density at radius 1 is 1.07 bits per heavy atom. The highest BCUT2D eigenvalue weighted by molar-refractivity contribution is 5.82. The lowest BCUT2D eigenvalue weighted by atomic mass is 10.1. The van der Waals surface area contributed by atoms with Crippen molar-refractivity contribution in [3.05, 3.63) is 46.8 Å². The molecule has 1 aromatic carbocycles. The van der Waals surface area contributed by atoms with Crippen LogP contribution < -0.4 is 5.32 Å². The SMILES string of the molecule is Cc1cc(C)c2nc(NCCN3CCCC3)n(Cc3nc(C)ccc3O)c2c1. The number of aromatic nitrogens is 3. The van der Waals surface area contributed by atoms with Gasteiger partial charge < -0.3 is 19.9 Å². The first-order valence-electron chi connectivity index (χ1n) is 10.1. The van der Waals surface area contributed by atoms with Crippen molar-refractivity contribution < 1.29 is 5.11 Å². The summed E-state index contributed by atoms with van der Waals surface area (Å²) < 4.78 is 2.14. The van der Waals surface area contributed by atoms with Gasteiger partial charge in [-0.2, -0.15) is 0 Å². The van der Waals surface area contributed by atoms with Crippen LogP contribution in [0.1, 0.15) is 35.4 Å². The van der Waals surface area contributed by atoms with Crippen molar-refractivity contribution in [3.8, 4) is 5.75 Å². The van der Waals surface area contributed by atoms with Crippen LogP contribution in [0.3, 0.4) is 0 Å². The molecule has 3 aromatic rings. The molecule has 2 aromatic heterocycles. The summed E-state index contributed by atoms with van der Waals surface area (Å²) >= 11 is 0. The van der Waals surface area contributed by atoms with Crippen molar-refractivity contribution in [2.24, 2.45) is 0 Å². The predicted molar refractivity (Wildman–Crippen MR) is 113 cm³/mol. The van der Waals surface area contributed by atoms with Crippen LogP contribution in [-0.2, 0) is 6.54 Å². The molecule has 4 rings (SSSR count). The molecular formula is C22H29N5O. The number of fused-ring (bicyclic) bond motifs is 1. The van der Waals surface area contributed by atoms with E-state index >= 15 is 0 Å². The van der Waals surface area contributed by atoms with E-state index in [0.29, 0.717) is 12.2 Å². The minimum Gasteiger partial charge on any atom is -0.506 e. The first-order valence-corrected chi connectivity index (χ1v) is 10.1. The Hall–Kier alpha value is -2.60. The fraction of sp³-hybridized carbons (Fsp3) is 0.455. The van der Waals surface area contributed by atoms with E-state index in [1.54, 1.807) is 6.07 Å². The second-order valence-corrected chi connectivity index (χ2v) is 7.87. The zero-order valence-electron chi connectivity index (χ0n) is 17.0. The number of nitrogens with one attached hydrogen (secondary N) is 1. The van der Waals surface area contributed by atoms with Crippen molar-refractivity contribution >= 4 is 17.0 Å². The van der Waals surface area contributed by atoms with E-state index < -0.39 is 0 Å². The third kappa shape index (κ3) is 3.83. The highest BCUT2D eigenvalue weighted by atomic mass is 16.3. The van der Waals surface area contributed by atoms with E-state index in [0.717, 1.165) is 41.3 Å². The minimum absolute atomic E-state index is 0.222. The number of hydrogen-bond donors (Lipinski definition) is 2. The van der Waals surface area contributed by atoms with Crippen molar-refractivity contribution in [2.45, 2.75) is 40.2 Å². The zero-order valence-corrected chi connectivity index (χ0v) is 17.0. The molecule has 1 saturated heterocycles. The third-order valence-corrected chi connectivity index (χ3v) is 5.50. The highest BCUT2D eigenvalue weighted by Gasteiger charge is 2.16. The molecule has 28 heavy (non-hydrogen) atoms. The molecule has 1 aliphatic heterocycles. The summed E-state index contributed by atoms with van der Waals surface area (Å²) in [5, 5.41) is 13.8. The van der Waals surface area contributed by atoms with Crippen LogP contribution in [0.4, 0.5) is 5.95 Å². The molecule has 6 nitrogen and oxygen atoms in total. The van der Waals surface area contributed by atoms with E-state index in [1.165, 1.54) is 31.5 Å². The van der Waals surface area contributed by atoms with Gasteiger partial charge in [-0.05, 0) is 76.0 Å². The van der Waals surface area contributed by atoms with Gasteiger partial charge in [0.2, 0.25) is 5.95 Å². The molecule has 0 saturated carbocycles. The third-order valence-electron chi connectivity index (χ3n) is 5.50. The average molecular weight is 380 g/mol. The summed E-state index contributed by atoms with van der Waals surface area (Å²) in [7, 11) is 0. The van der Waals surface area contributed by atoms with Crippen molar-refractivity contribution in [2.75, 3.05) is 31.5 Å². The lowest BCUT2D eigenvalue weighted by molar-refractivity contribution is 0.352. The molecule has 148 valence electrons. The van der Waals surface area contributed by atoms with Gasteiger partial charge in [-0.25, -0.2) is 4.98 Å². The van der Waals surface area contributed by atoms with Crippen LogP contribution in [0.2, 0.25) is 0 Å². The molecule has 0 atom stereocenters. The number of imidazole rings is 1. The van der Waals surface area contributed by atoms with Gasteiger partial charge in [-0.3, -0.25) is 4.98 Å².